The monoisotopic (exact) mass is 280 g/mol. The Hall–Kier alpha value is -1.40. The first kappa shape index (κ1) is 15.0. The van der Waals surface area contributed by atoms with Crippen LogP contribution in [-0.4, -0.2) is 48.0 Å². The van der Waals surface area contributed by atoms with Gasteiger partial charge in [0.2, 0.25) is 5.91 Å². The summed E-state index contributed by atoms with van der Waals surface area (Å²) in [6, 6.07) is 0. The summed E-state index contributed by atoms with van der Waals surface area (Å²) in [6.07, 6.45) is 0.521. The van der Waals surface area contributed by atoms with Crippen LogP contribution in [0, 0.1) is 20.8 Å². The number of hydrogen-bond acceptors (Lipinski definition) is 4. The smallest absolute Gasteiger partial charge is 0.250 e. The number of carbonyl (C=O) groups is 1. The second-order valence-electron chi connectivity index (χ2n) is 5.23. The number of hydrogen-bond donors (Lipinski definition) is 2. The molecule has 1 aliphatic rings. The average molecular weight is 280 g/mol. The topological polar surface area (TPSA) is 68.2 Å². The number of amides is 1. The fraction of sp³-hybridized carbons (Fsp3) is 0.714. The molecule has 112 valence electrons. The van der Waals surface area contributed by atoms with Crippen molar-refractivity contribution in [2.75, 3.05) is 26.2 Å². The molecular weight excluding hydrogens is 256 g/mol. The summed E-state index contributed by atoms with van der Waals surface area (Å²) in [7, 11) is 0. The van der Waals surface area contributed by atoms with Gasteiger partial charge in [0.15, 0.2) is 0 Å². The summed E-state index contributed by atoms with van der Waals surface area (Å²) in [5.74, 6) is -0.0262. The highest BCUT2D eigenvalue weighted by Gasteiger charge is 2.20. The van der Waals surface area contributed by atoms with Crippen molar-refractivity contribution in [2.45, 2.75) is 39.8 Å². The first-order valence-corrected chi connectivity index (χ1v) is 7.20. The van der Waals surface area contributed by atoms with Crippen LogP contribution in [0.3, 0.4) is 0 Å². The second-order valence-corrected chi connectivity index (χ2v) is 5.23. The largest absolute Gasteiger partial charge is 0.366 e. The number of nitrogens with one attached hydrogen (secondary N) is 2. The molecule has 1 saturated heterocycles. The Morgan fingerprint density at radius 3 is 2.90 bits per heavy atom. The van der Waals surface area contributed by atoms with Crippen molar-refractivity contribution in [1.82, 2.24) is 20.4 Å². The lowest BCUT2D eigenvalue weighted by molar-refractivity contribution is -0.134. The van der Waals surface area contributed by atoms with Gasteiger partial charge in [-0.3, -0.25) is 9.48 Å². The van der Waals surface area contributed by atoms with Crippen LogP contribution in [0.1, 0.15) is 23.4 Å². The van der Waals surface area contributed by atoms with Gasteiger partial charge in [0.1, 0.15) is 6.10 Å². The minimum absolute atomic E-state index is 0.0262. The second kappa shape index (κ2) is 6.85. The Balaban J connectivity index is 1.70. The fourth-order valence-corrected chi connectivity index (χ4v) is 2.29. The maximum atomic E-state index is 11.8. The quantitative estimate of drug-likeness (QED) is 0.761. The highest BCUT2D eigenvalue weighted by molar-refractivity contribution is 5.81. The van der Waals surface area contributed by atoms with Gasteiger partial charge >= 0.3 is 0 Å². The summed E-state index contributed by atoms with van der Waals surface area (Å²) >= 11 is 0. The molecule has 1 aromatic rings. The molecule has 2 heterocycles. The van der Waals surface area contributed by atoms with Crippen molar-refractivity contribution in [1.29, 1.82) is 0 Å². The van der Waals surface area contributed by atoms with Crippen molar-refractivity contribution < 1.29 is 9.53 Å². The number of aryl methyl sites for hydroxylation is 2. The first-order valence-electron chi connectivity index (χ1n) is 7.20. The van der Waals surface area contributed by atoms with Crippen LogP contribution in [0.2, 0.25) is 0 Å². The molecule has 6 heteroatoms. The van der Waals surface area contributed by atoms with E-state index in [1.165, 1.54) is 11.3 Å². The predicted octanol–water partition coefficient (Wildman–Crippen LogP) is 0.303. The Morgan fingerprint density at radius 2 is 2.30 bits per heavy atom. The van der Waals surface area contributed by atoms with Gasteiger partial charge in [-0.05, 0) is 32.8 Å². The number of ether oxygens (including phenoxy) is 1. The minimum Gasteiger partial charge on any atom is -0.366 e. The summed E-state index contributed by atoms with van der Waals surface area (Å²) in [6.45, 7) is 9.68. The summed E-state index contributed by atoms with van der Waals surface area (Å²) < 4.78 is 7.41. The van der Waals surface area contributed by atoms with Crippen molar-refractivity contribution in [3.63, 3.8) is 0 Å². The van der Waals surface area contributed by atoms with Crippen molar-refractivity contribution in [3.05, 3.63) is 17.0 Å². The molecular formula is C14H24N4O2. The summed E-state index contributed by atoms with van der Waals surface area (Å²) in [5.41, 5.74) is 3.53. The zero-order chi connectivity index (χ0) is 14.5. The van der Waals surface area contributed by atoms with Crippen LogP contribution in [0.25, 0.3) is 0 Å². The molecule has 20 heavy (non-hydrogen) atoms. The van der Waals surface area contributed by atoms with Crippen LogP contribution in [0.5, 0.6) is 0 Å². The SMILES string of the molecule is Cc1nn(CCCNC(=O)[C@H]2CNCCO2)c(C)c1C. The molecule has 6 nitrogen and oxygen atoms in total. The fourth-order valence-electron chi connectivity index (χ4n) is 2.29. The van der Waals surface area contributed by atoms with Crippen molar-refractivity contribution in [3.8, 4) is 0 Å². The third-order valence-corrected chi connectivity index (χ3v) is 3.81. The van der Waals surface area contributed by atoms with Gasteiger partial charge < -0.3 is 15.4 Å². The number of nitrogens with zero attached hydrogens (tertiary/aromatic N) is 2. The van der Waals surface area contributed by atoms with Crippen LogP contribution < -0.4 is 10.6 Å². The van der Waals surface area contributed by atoms with Gasteiger partial charge in [0, 0.05) is 31.9 Å². The maximum absolute atomic E-state index is 11.8. The highest BCUT2D eigenvalue weighted by Crippen LogP contribution is 2.10. The van der Waals surface area contributed by atoms with E-state index in [1.54, 1.807) is 0 Å². The lowest BCUT2D eigenvalue weighted by atomic mass is 10.2. The van der Waals surface area contributed by atoms with E-state index in [9.17, 15) is 4.79 Å². The van der Waals surface area contributed by atoms with Crippen LogP contribution in [-0.2, 0) is 16.1 Å². The Morgan fingerprint density at radius 1 is 1.50 bits per heavy atom. The van der Waals surface area contributed by atoms with Crippen LogP contribution in [0.15, 0.2) is 0 Å². The summed E-state index contributed by atoms with van der Waals surface area (Å²) in [5, 5.41) is 10.6. The molecule has 1 fully saturated rings. The molecule has 0 bridgehead atoms. The zero-order valence-electron chi connectivity index (χ0n) is 12.5. The van der Waals surface area contributed by atoms with E-state index < -0.39 is 0 Å². The normalized spacial score (nSPS) is 19.1. The van der Waals surface area contributed by atoms with E-state index in [1.807, 2.05) is 11.6 Å². The van der Waals surface area contributed by atoms with E-state index in [4.69, 9.17) is 4.74 Å². The van der Waals surface area contributed by atoms with E-state index in [0.29, 0.717) is 19.7 Å². The average Bonchev–Trinajstić information content (AvgIpc) is 2.71. The molecule has 1 atom stereocenters. The van der Waals surface area contributed by atoms with Crippen molar-refractivity contribution >= 4 is 5.91 Å². The van der Waals surface area contributed by atoms with E-state index in [-0.39, 0.29) is 12.0 Å². The standard InChI is InChI=1S/C14H24N4O2/c1-10-11(2)17-18(12(10)3)7-4-5-16-14(19)13-9-15-6-8-20-13/h13,15H,4-9H2,1-3H3,(H,16,19)/t13-/m1/s1. The molecule has 0 spiro atoms. The number of aromatic nitrogens is 2. The Kier molecular flexibility index (Phi) is 5.14. The Labute approximate surface area is 119 Å². The third-order valence-electron chi connectivity index (χ3n) is 3.81. The van der Waals surface area contributed by atoms with Gasteiger partial charge in [-0.25, -0.2) is 0 Å². The first-order chi connectivity index (χ1) is 9.59. The predicted molar refractivity (Wildman–Crippen MR) is 76.7 cm³/mol. The van der Waals surface area contributed by atoms with Crippen molar-refractivity contribution in [2.24, 2.45) is 0 Å². The summed E-state index contributed by atoms with van der Waals surface area (Å²) in [4.78, 5) is 11.8. The van der Waals surface area contributed by atoms with Gasteiger partial charge in [-0.1, -0.05) is 0 Å². The van der Waals surface area contributed by atoms with E-state index in [2.05, 4.69) is 29.6 Å². The van der Waals surface area contributed by atoms with E-state index in [0.717, 1.165) is 25.2 Å². The number of carbonyl (C=O) groups excluding carboxylic acids is 1. The van der Waals surface area contributed by atoms with Gasteiger partial charge in [-0.15, -0.1) is 0 Å². The molecule has 0 saturated carbocycles. The van der Waals surface area contributed by atoms with Crippen LogP contribution in [0.4, 0.5) is 0 Å². The van der Waals surface area contributed by atoms with Crippen LogP contribution >= 0.6 is 0 Å². The lowest BCUT2D eigenvalue weighted by Gasteiger charge is -2.22. The molecule has 1 aliphatic heterocycles. The highest BCUT2D eigenvalue weighted by atomic mass is 16.5. The molecule has 1 amide bonds. The molecule has 2 N–H and O–H groups in total. The van der Waals surface area contributed by atoms with E-state index >= 15 is 0 Å². The van der Waals surface area contributed by atoms with Gasteiger partial charge in [-0.2, -0.15) is 5.10 Å². The third kappa shape index (κ3) is 3.58. The molecule has 0 radical (unpaired) electrons. The number of morpholine rings is 1. The van der Waals surface area contributed by atoms with Gasteiger partial charge in [0.05, 0.1) is 12.3 Å². The Bertz CT molecular complexity index is 464. The molecule has 0 aromatic carbocycles. The molecule has 0 unspecified atom stereocenters. The minimum atomic E-state index is -0.348. The molecule has 1 aromatic heterocycles. The zero-order valence-corrected chi connectivity index (χ0v) is 12.5. The molecule has 0 aliphatic carbocycles. The molecule has 2 rings (SSSR count). The number of rotatable bonds is 5. The maximum Gasteiger partial charge on any atom is 0.250 e. The lowest BCUT2D eigenvalue weighted by Crippen LogP contribution is -2.48. The van der Waals surface area contributed by atoms with Gasteiger partial charge in [0.25, 0.3) is 0 Å².